The number of hydrogen-bond donors (Lipinski definition) is 2. The molecule has 1 unspecified atom stereocenters. The van der Waals surface area contributed by atoms with Gasteiger partial charge in [-0.2, -0.15) is 0 Å². The van der Waals surface area contributed by atoms with Crippen LogP contribution in [0.25, 0.3) is 0 Å². The van der Waals surface area contributed by atoms with Crippen LogP contribution in [0.15, 0.2) is 12.5 Å². The minimum absolute atomic E-state index is 0.105. The van der Waals surface area contributed by atoms with Crippen LogP contribution in [0.5, 0.6) is 0 Å². The number of carbonyl (C=O) groups is 1. The summed E-state index contributed by atoms with van der Waals surface area (Å²) in [6.07, 6.45) is 4.68. The van der Waals surface area contributed by atoms with Crippen LogP contribution in [0.4, 0.5) is 0 Å². The van der Waals surface area contributed by atoms with Crippen molar-refractivity contribution >= 4 is 5.78 Å². The van der Waals surface area contributed by atoms with Crippen molar-refractivity contribution < 1.29 is 4.79 Å². The highest BCUT2D eigenvalue weighted by molar-refractivity contribution is 5.89. The summed E-state index contributed by atoms with van der Waals surface area (Å²) in [5.41, 5.74) is 6.36. The summed E-state index contributed by atoms with van der Waals surface area (Å²) in [5.74, 6) is 0.105. The molecule has 0 bridgehead atoms. The highest BCUT2D eigenvalue weighted by Crippen LogP contribution is 2.22. The largest absolute Gasteiger partial charge is 0.351 e. The number of rotatable bonds is 5. The van der Waals surface area contributed by atoms with Crippen molar-refractivity contribution in [2.75, 3.05) is 0 Å². The zero-order valence-electron chi connectivity index (χ0n) is 9.58. The van der Waals surface area contributed by atoms with Crippen LogP contribution in [0.1, 0.15) is 32.9 Å². The average Bonchev–Trinajstić information content (AvgIpc) is 2.69. The molecule has 0 aromatic carbocycles. The molecule has 1 heterocycles. The number of Topliss-reactive ketones (excluding diaryl/α,β-unsaturated/α-hetero) is 1. The topological polar surface area (TPSA) is 71.8 Å². The van der Waals surface area contributed by atoms with Crippen molar-refractivity contribution in [1.29, 1.82) is 0 Å². The van der Waals surface area contributed by atoms with E-state index in [9.17, 15) is 4.79 Å². The number of aromatic nitrogens is 2. The van der Waals surface area contributed by atoms with E-state index in [1.807, 2.05) is 20.8 Å². The summed E-state index contributed by atoms with van der Waals surface area (Å²) in [7, 11) is 0. The zero-order valence-corrected chi connectivity index (χ0v) is 9.58. The Morgan fingerprint density at radius 1 is 1.67 bits per heavy atom. The summed E-state index contributed by atoms with van der Waals surface area (Å²) >= 11 is 0. The summed E-state index contributed by atoms with van der Waals surface area (Å²) < 4.78 is 0. The zero-order chi connectivity index (χ0) is 11.5. The molecule has 4 heteroatoms. The number of ketones is 1. The molecule has 1 atom stereocenters. The minimum atomic E-state index is -0.455. The predicted octanol–water partition coefficient (Wildman–Crippen LogP) is 1.28. The van der Waals surface area contributed by atoms with Gasteiger partial charge in [0.2, 0.25) is 0 Å². The standard InChI is InChI=1S/C11H19N3O/c1-4-11(2,3)10(15)9(12)5-8-6-13-7-14-8/h6-7,9H,4-5,12H2,1-3H3,(H,13,14). The van der Waals surface area contributed by atoms with Crippen LogP contribution in [-0.4, -0.2) is 21.8 Å². The molecule has 1 rings (SSSR count). The van der Waals surface area contributed by atoms with Gasteiger partial charge in [-0.15, -0.1) is 0 Å². The summed E-state index contributed by atoms with van der Waals surface area (Å²) in [5, 5.41) is 0. The average molecular weight is 209 g/mol. The fourth-order valence-corrected chi connectivity index (χ4v) is 1.40. The molecule has 84 valence electrons. The van der Waals surface area contributed by atoms with Crippen LogP contribution in [0, 0.1) is 5.41 Å². The van der Waals surface area contributed by atoms with Crippen LogP contribution in [0.2, 0.25) is 0 Å². The first-order valence-electron chi connectivity index (χ1n) is 5.25. The van der Waals surface area contributed by atoms with E-state index in [2.05, 4.69) is 9.97 Å². The highest BCUT2D eigenvalue weighted by atomic mass is 16.1. The van der Waals surface area contributed by atoms with Crippen molar-refractivity contribution in [2.45, 2.75) is 39.7 Å². The molecule has 15 heavy (non-hydrogen) atoms. The Kier molecular flexibility index (Phi) is 3.63. The Morgan fingerprint density at radius 3 is 2.80 bits per heavy atom. The third-order valence-electron chi connectivity index (χ3n) is 2.87. The van der Waals surface area contributed by atoms with E-state index in [0.29, 0.717) is 6.42 Å². The van der Waals surface area contributed by atoms with E-state index >= 15 is 0 Å². The van der Waals surface area contributed by atoms with Gasteiger partial charge in [-0.1, -0.05) is 20.8 Å². The van der Waals surface area contributed by atoms with Crippen molar-refractivity contribution in [3.8, 4) is 0 Å². The lowest BCUT2D eigenvalue weighted by atomic mass is 9.81. The van der Waals surface area contributed by atoms with Gasteiger partial charge >= 0.3 is 0 Å². The summed E-state index contributed by atoms with van der Waals surface area (Å²) in [4.78, 5) is 18.9. The van der Waals surface area contributed by atoms with E-state index in [4.69, 9.17) is 5.73 Å². The third kappa shape index (κ3) is 2.89. The molecular weight excluding hydrogens is 190 g/mol. The SMILES string of the molecule is CCC(C)(C)C(=O)C(N)Cc1c[nH]cn1. The maximum absolute atomic E-state index is 12.0. The molecule has 0 aliphatic rings. The number of hydrogen-bond acceptors (Lipinski definition) is 3. The molecule has 0 saturated heterocycles. The van der Waals surface area contributed by atoms with Gasteiger partial charge in [0.05, 0.1) is 18.1 Å². The monoisotopic (exact) mass is 209 g/mol. The molecule has 4 nitrogen and oxygen atoms in total. The van der Waals surface area contributed by atoms with E-state index in [1.54, 1.807) is 12.5 Å². The van der Waals surface area contributed by atoms with Gasteiger partial charge in [0.15, 0.2) is 5.78 Å². The van der Waals surface area contributed by atoms with Crippen LogP contribution in [0.3, 0.4) is 0 Å². The van der Waals surface area contributed by atoms with Crippen LogP contribution < -0.4 is 5.73 Å². The summed E-state index contributed by atoms with van der Waals surface area (Å²) in [6.45, 7) is 5.86. The Hall–Kier alpha value is -1.16. The molecule has 1 aromatic heterocycles. The van der Waals surface area contributed by atoms with E-state index < -0.39 is 6.04 Å². The Balaban J connectivity index is 2.61. The molecule has 0 fully saturated rings. The third-order valence-corrected chi connectivity index (χ3v) is 2.87. The number of nitrogens with one attached hydrogen (secondary N) is 1. The first-order valence-corrected chi connectivity index (χ1v) is 5.25. The number of nitrogens with zero attached hydrogens (tertiary/aromatic N) is 1. The Bertz CT molecular complexity index is 317. The van der Waals surface area contributed by atoms with E-state index in [0.717, 1.165) is 12.1 Å². The second-order valence-corrected chi connectivity index (χ2v) is 4.47. The fraction of sp³-hybridized carbons (Fsp3) is 0.636. The van der Waals surface area contributed by atoms with E-state index in [-0.39, 0.29) is 11.2 Å². The van der Waals surface area contributed by atoms with Crippen molar-refractivity contribution in [3.05, 3.63) is 18.2 Å². The van der Waals surface area contributed by atoms with Gasteiger partial charge in [0.25, 0.3) is 0 Å². The molecule has 0 saturated carbocycles. The van der Waals surface area contributed by atoms with Crippen LogP contribution >= 0.6 is 0 Å². The normalized spacial score (nSPS) is 13.9. The molecule has 1 aromatic rings. The number of carbonyl (C=O) groups excluding carboxylic acids is 1. The molecule has 0 aliphatic carbocycles. The quantitative estimate of drug-likeness (QED) is 0.767. The number of aromatic amines is 1. The smallest absolute Gasteiger partial charge is 0.155 e. The molecule has 0 radical (unpaired) electrons. The second kappa shape index (κ2) is 4.57. The van der Waals surface area contributed by atoms with E-state index in [1.165, 1.54) is 0 Å². The second-order valence-electron chi connectivity index (χ2n) is 4.47. The molecule has 3 N–H and O–H groups in total. The predicted molar refractivity (Wildman–Crippen MR) is 59.3 cm³/mol. The van der Waals surface area contributed by atoms with Crippen molar-refractivity contribution in [3.63, 3.8) is 0 Å². The highest BCUT2D eigenvalue weighted by Gasteiger charge is 2.30. The van der Waals surface area contributed by atoms with Gasteiger partial charge < -0.3 is 10.7 Å². The van der Waals surface area contributed by atoms with Gasteiger partial charge in [-0.25, -0.2) is 4.98 Å². The van der Waals surface area contributed by atoms with Crippen LogP contribution in [-0.2, 0) is 11.2 Å². The maximum Gasteiger partial charge on any atom is 0.155 e. The lowest BCUT2D eigenvalue weighted by molar-refractivity contribution is -0.128. The first kappa shape index (κ1) is 11.9. The number of imidazole rings is 1. The van der Waals surface area contributed by atoms with Gasteiger partial charge in [-0.05, 0) is 6.42 Å². The first-order chi connectivity index (χ1) is 6.97. The van der Waals surface area contributed by atoms with Crippen molar-refractivity contribution in [2.24, 2.45) is 11.1 Å². The number of H-pyrrole nitrogens is 1. The molecule has 0 aliphatic heterocycles. The van der Waals surface area contributed by atoms with Gasteiger partial charge in [0, 0.05) is 18.0 Å². The van der Waals surface area contributed by atoms with Gasteiger partial charge in [-0.3, -0.25) is 4.79 Å². The number of nitrogens with two attached hydrogens (primary N) is 1. The summed E-state index contributed by atoms with van der Waals surface area (Å²) in [6, 6.07) is -0.455. The van der Waals surface area contributed by atoms with Gasteiger partial charge in [0.1, 0.15) is 0 Å². The van der Waals surface area contributed by atoms with Crippen molar-refractivity contribution in [1.82, 2.24) is 9.97 Å². The molecule has 0 amide bonds. The Morgan fingerprint density at radius 2 is 2.33 bits per heavy atom. The molecule has 0 spiro atoms. The lowest BCUT2D eigenvalue weighted by Gasteiger charge is -2.24. The maximum atomic E-state index is 12.0. The molecular formula is C11H19N3O. The minimum Gasteiger partial charge on any atom is -0.351 e. The Labute approximate surface area is 90.3 Å². The fourth-order valence-electron chi connectivity index (χ4n) is 1.40. The lowest BCUT2D eigenvalue weighted by Crippen LogP contribution is -2.41.